The number of benzene rings is 1. The molecular formula is C16H24ClNO. The Morgan fingerprint density at radius 3 is 2.79 bits per heavy atom. The Morgan fingerprint density at radius 2 is 2.11 bits per heavy atom. The van der Waals surface area contributed by atoms with Crippen LogP contribution in [0.1, 0.15) is 38.7 Å². The lowest BCUT2D eigenvalue weighted by Gasteiger charge is -2.22. The van der Waals surface area contributed by atoms with E-state index in [2.05, 4.69) is 18.7 Å². The highest BCUT2D eigenvalue weighted by atomic mass is 35.5. The number of phenolic OH excluding ortho intramolecular Hbond substituents is 1. The summed E-state index contributed by atoms with van der Waals surface area (Å²) < 4.78 is 0. The molecule has 1 heterocycles. The van der Waals surface area contributed by atoms with Crippen LogP contribution in [0.3, 0.4) is 0 Å². The van der Waals surface area contributed by atoms with E-state index in [1.165, 1.54) is 19.3 Å². The van der Waals surface area contributed by atoms with Crippen LogP contribution in [-0.4, -0.2) is 23.1 Å². The first-order valence-electron chi connectivity index (χ1n) is 7.26. The topological polar surface area (TPSA) is 23.5 Å². The molecule has 1 unspecified atom stereocenters. The van der Waals surface area contributed by atoms with Gasteiger partial charge in [0.25, 0.3) is 0 Å². The van der Waals surface area contributed by atoms with Crippen LogP contribution < -0.4 is 0 Å². The normalized spacial score (nSPS) is 21.6. The number of hydrogen-bond acceptors (Lipinski definition) is 2. The zero-order valence-corrected chi connectivity index (χ0v) is 12.7. The van der Waals surface area contributed by atoms with Gasteiger partial charge in [0.15, 0.2) is 0 Å². The van der Waals surface area contributed by atoms with Gasteiger partial charge in [-0.2, -0.15) is 0 Å². The van der Waals surface area contributed by atoms with E-state index in [9.17, 15) is 5.11 Å². The Morgan fingerprint density at radius 1 is 1.32 bits per heavy atom. The molecule has 19 heavy (non-hydrogen) atoms. The predicted octanol–water partition coefficient (Wildman–Crippen LogP) is 4.30. The average Bonchev–Trinajstić information content (AvgIpc) is 2.59. The molecule has 1 saturated heterocycles. The lowest BCUT2D eigenvalue weighted by atomic mass is 9.89. The maximum Gasteiger partial charge on any atom is 0.121 e. The van der Waals surface area contributed by atoms with Crippen molar-refractivity contribution in [1.29, 1.82) is 0 Å². The van der Waals surface area contributed by atoms with Crippen molar-refractivity contribution in [2.24, 2.45) is 11.8 Å². The SMILES string of the molecule is CC(C)C1CCCN(Cc2c(O)cccc2Cl)CC1. The Hall–Kier alpha value is -0.730. The molecule has 1 aliphatic rings. The summed E-state index contributed by atoms with van der Waals surface area (Å²) in [4.78, 5) is 2.42. The molecule has 1 aromatic rings. The Bertz CT molecular complexity index is 399. The van der Waals surface area contributed by atoms with Gasteiger partial charge < -0.3 is 5.11 Å². The summed E-state index contributed by atoms with van der Waals surface area (Å²) in [6, 6.07) is 5.36. The minimum atomic E-state index is 0.317. The Labute approximate surface area is 121 Å². The first-order chi connectivity index (χ1) is 9.08. The molecule has 1 fully saturated rings. The largest absolute Gasteiger partial charge is 0.508 e. The lowest BCUT2D eigenvalue weighted by Crippen LogP contribution is -2.24. The molecule has 1 aliphatic heterocycles. The van der Waals surface area contributed by atoms with Crippen LogP contribution in [0.5, 0.6) is 5.75 Å². The molecule has 1 aromatic carbocycles. The molecule has 2 rings (SSSR count). The fraction of sp³-hybridized carbons (Fsp3) is 0.625. The summed E-state index contributed by atoms with van der Waals surface area (Å²) in [6.07, 6.45) is 3.82. The summed E-state index contributed by atoms with van der Waals surface area (Å²) >= 11 is 6.18. The van der Waals surface area contributed by atoms with Gasteiger partial charge in [-0.05, 0) is 56.3 Å². The number of hydrogen-bond donors (Lipinski definition) is 1. The van der Waals surface area contributed by atoms with E-state index in [0.29, 0.717) is 10.8 Å². The lowest BCUT2D eigenvalue weighted by molar-refractivity contribution is 0.261. The highest BCUT2D eigenvalue weighted by Gasteiger charge is 2.20. The molecule has 1 atom stereocenters. The number of aromatic hydroxyl groups is 1. The van der Waals surface area contributed by atoms with Gasteiger partial charge >= 0.3 is 0 Å². The second-order valence-corrected chi connectivity index (χ2v) is 6.36. The maximum atomic E-state index is 9.92. The summed E-state index contributed by atoms with van der Waals surface area (Å²) in [6.45, 7) is 7.61. The van der Waals surface area contributed by atoms with Crippen LogP contribution in [0.15, 0.2) is 18.2 Å². The molecule has 0 saturated carbocycles. The molecule has 0 spiro atoms. The van der Waals surface area contributed by atoms with Gasteiger partial charge in [-0.1, -0.05) is 31.5 Å². The van der Waals surface area contributed by atoms with Gasteiger partial charge in [0.1, 0.15) is 5.75 Å². The van der Waals surface area contributed by atoms with Crippen LogP contribution in [0.25, 0.3) is 0 Å². The van der Waals surface area contributed by atoms with E-state index in [-0.39, 0.29) is 0 Å². The van der Waals surface area contributed by atoms with Crippen molar-refractivity contribution >= 4 is 11.6 Å². The van der Waals surface area contributed by atoms with Gasteiger partial charge in [-0.3, -0.25) is 4.90 Å². The van der Waals surface area contributed by atoms with Crippen molar-refractivity contribution < 1.29 is 5.11 Å². The Balaban J connectivity index is 2.00. The summed E-state index contributed by atoms with van der Waals surface area (Å²) in [5, 5.41) is 10.6. The first-order valence-corrected chi connectivity index (χ1v) is 7.64. The minimum absolute atomic E-state index is 0.317. The smallest absolute Gasteiger partial charge is 0.121 e. The molecule has 1 N–H and O–H groups in total. The average molecular weight is 282 g/mol. The zero-order valence-electron chi connectivity index (χ0n) is 11.9. The van der Waals surface area contributed by atoms with Crippen molar-refractivity contribution in [3.05, 3.63) is 28.8 Å². The second-order valence-electron chi connectivity index (χ2n) is 5.95. The third-order valence-electron chi connectivity index (χ3n) is 4.28. The fourth-order valence-electron chi connectivity index (χ4n) is 2.93. The van der Waals surface area contributed by atoms with Gasteiger partial charge in [-0.25, -0.2) is 0 Å². The third-order valence-corrected chi connectivity index (χ3v) is 4.64. The monoisotopic (exact) mass is 281 g/mol. The molecule has 0 amide bonds. The van der Waals surface area contributed by atoms with E-state index < -0.39 is 0 Å². The van der Waals surface area contributed by atoms with Crippen LogP contribution in [0.4, 0.5) is 0 Å². The quantitative estimate of drug-likeness (QED) is 0.893. The van der Waals surface area contributed by atoms with Gasteiger partial charge in [0, 0.05) is 17.1 Å². The molecule has 106 valence electrons. The van der Waals surface area contributed by atoms with Crippen molar-refractivity contribution in [3.8, 4) is 5.75 Å². The summed E-state index contributed by atoms with van der Waals surface area (Å²) in [7, 11) is 0. The van der Waals surface area contributed by atoms with E-state index in [4.69, 9.17) is 11.6 Å². The predicted molar refractivity (Wildman–Crippen MR) is 80.6 cm³/mol. The van der Waals surface area contributed by atoms with E-state index in [0.717, 1.165) is 37.0 Å². The van der Waals surface area contributed by atoms with E-state index in [1.54, 1.807) is 12.1 Å². The minimum Gasteiger partial charge on any atom is -0.508 e. The first kappa shape index (κ1) is 14.7. The Kier molecular flexibility index (Phi) is 5.12. The number of rotatable bonds is 3. The van der Waals surface area contributed by atoms with Crippen LogP contribution in [0, 0.1) is 11.8 Å². The highest BCUT2D eigenvalue weighted by Crippen LogP contribution is 2.29. The maximum absolute atomic E-state index is 9.92. The van der Waals surface area contributed by atoms with Crippen molar-refractivity contribution in [3.63, 3.8) is 0 Å². The standard InChI is InChI=1S/C16H24ClNO/c1-12(2)13-5-4-9-18(10-8-13)11-14-15(17)6-3-7-16(14)19/h3,6-7,12-13,19H,4-5,8-11H2,1-2H3. The number of nitrogens with zero attached hydrogens (tertiary/aromatic N) is 1. The van der Waals surface area contributed by atoms with Crippen LogP contribution in [0.2, 0.25) is 5.02 Å². The van der Waals surface area contributed by atoms with E-state index in [1.807, 2.05) is 6.07 Å². The number of halogens is 1. The van der Waals surface area contributed by atoms with Crippen LogP contribution >= 0.6 is 11.6 Å². The highest BCUT2D eigenvalue weighted by molar-refractivity contribution is 6.31. The van der Waals surface area contributed by atoms with Gasteiger partial charge in [0.05, 0.1) is 0 Å². The number of likely N-dealkylation sites (tertiary alicyclic amines) is 1. The molecular weight excluding hydrogens is 258 g/mol. The third kappa shape index (κ3) is 3.87. The summed E-state index contributed by atoms with van der Waals surface area (Å²) in [5.74, 6) is 1.93. The fourth-order valence-corrected chi connectivity index (χ4v) is 3.16. The second kappa shape index (κ2) is 6.62. The van der Waals surface area contributed by atoms with Crippen molar-refractivity contribution in [2.75, 3.05) is 13.1 Å². The molecule has 0 bridgehead atoms. The van der Waals surface area contributed by atoms with E-state index >= 15 is 0 Å². The molecule has 2 nitrogen and oxygen atoms in total. The molecule has 0 radical (unpaired) electrons. The molecule has 0 aliphatic carbocycles. The number of phenols is 1. The molecule has 0 aromatic heterocycles. The van der Waals surface area contributed by atoms with Gasteiger partial charge in [0.2, 0.25) is 0 Å². The van der Waals surface area contributed by atoms with Gasteiger partial charge in [-0.15, -0.1) is 0 Å². The zero-order chi connectivity index (χ0) is 13.8. The summed E-state index contributed by atoms with van der Waals surface area (Å²) in [5.41, 5.74) is 0.868. The van der Waals surface area contributed by atoms with Crippen molar-refractivity contribution in [1.82, 2.24) is 4.90 Å². The van der Waals surface area contributed by atoms with Crippen LogP contribution in [-0.2, 0) is 6.54 Å². The van der Waals surface area contributed by atoms with Crippen molar-refractivity contribution in [2.45, 2.75) is 39.7 Å². The molecule has 3 heteroatoms.